The second-order valence-corrected chi connectivity index (χ2v) is 7.37. The molecule has 3 N–H and O–H groups in total. The van der Waals surface area contributed by atoms with E-state index < -0.39 is 39.2 Å². The molecule has 0 radical (unpaired) electrons. The molecule has 1 saturated carbocycles. The molecule has 0 saturated heterocycles. The zero-order valence-corrected chi connectivity index (χ0v) is 12.4. The fourth-order valence-electron chi connectivity index (χ4n) is 2.43. The summed E-state index contributed by atoms with van der Waals surface area (Å²) >= 11 is 0. The van der Waals surface area contributed by atoms with Crippen LogP contribution in [0.1, 0.15) is 39.5 Å². The summed E-state index contributed by atoms with van der Waals surface area (Å²) in [4.78, 5) is 23.0. The van der Waals surface area contributed by atoms with Crippen molar-refractivity contribution in [1.29, 1.82) is 0 Å². The molecule has 7 nitrogen and oxygen atoms in total. The summed E-state index contributed by atoms with van der Waals surface area (Å²) < 4.78 is 31.0. The van der Waals surface area contributed by atoms with Crippen LogP contribution in [0, 0.1) is 11.8 Å². The van der Waals surface area contributed by atoms with Crippen molar-refractivity contribution in [2.45, 2.75) is 50.8 Å². The van der Waals surface area contributed by atoms with Gasteiger partial charge in [0, 0.05) is 5.92 Å². The first-order valence-electron chi connectivity index (χ1n) is 6.60. The Hall–Kier alpha value is -1.15. The third-order valence-corrected chi connectivity index (χ3v) is 4.77. The average molecular weight is 307 g/mol. The molecular weight excluding hydrogens is 286 g/mol. The molecule has 0 aliphatic heterocycles. The van der Waals surface area contributed by atoms with E-state index in [1.807, 2.05) is 13.8 Å². The molecule has 0 aromatic rings. The molecule has 1 rings (SSSR count). The molecular formula is C12H21NO6S. The van der Waals surface area contributed by atoms with Crippen LogP contribution < -0.4 is 5.32 Å². The molecule has 1 aliphatic rings. The van der Waals surface area contributed by atoms with E-state index in [4.69, 9.17) is 9.66 Å². The third kappa shape index (κ3) is 4.75. The van der Waals surface area contributed by atoms with Crippen LogP contribution in [0.3, 0.4) is 0 Å². The molecule has 0 aromatic heterocycles. The van der Waals surface area contributed by atoms with Crippen molar-refractivity contribution in [1.82, 2.24) is 5.32 Å². The highest BCUT2D eigenvalue weighted by Crippen LogP contribution is 2.30. The number of carbonyl (C=O) groups excluding carboxylic acids is 1. The van der Waals surface area contributed by atoms with Gasteiger partial charge in [0.05, 0.1) is 5.25 Å². The van der Waals surface area contributed by atoms with Gasteiger partial charge in [0.2, 0.25) is 5.91 Å². The van der Waals surface area contributed by atoms with Crippen LogP contribution in [0.25, 0.3) is 0 Å². The lowest BCUT2D eigenvalue weighted by Crippen LogP contribution is -2.44. The van der Waals surface area contributed by atoms with Crippen LogP contribution in [0.2, 0.25) is 0 Å². The van der Waals surface area contributed by atoms with Gasteiger partial charge in [-0.1, -0.05) is 13.8 Å². The van der Waals surface area contributed by atoms with E-state index in [0.29, 0.717) is 12.8 Å². The molecule has 1 fully saturated rings. The van der Waals surface area contributed by atoms with Crippen molar-refractivity contribution in [2.75, 3.05) is 0 Å². The van der Waals surface area contributed by atoms with Crippen LogP contribution in [-0.4, -0.2) is 41.2 Å². The van der Waals surface area contributed by atoms with Crippen LogP contribution in [-0.2, 0) is 19.7 Å². The Balaban J connectivity index is 2.61. The summed E-state index contributed by atoms with van der Waals surface area (Å²) in [6.45, 7) is 3.71. The predicted octanol–water partition coefficient (Wildman–Crippen LogP) is 0.658. The van der Waals surface area contributed by atoms with Gasteiger partial charge in [0.15, 0.2) is 0 Å². The second kappa shape index (κ2) is 6.53. The SMILES string of the molecule is CC(C)C[C@H](NC(=O)[C@H]1CC[C@H](S(=O)(=O)O)C1)C(=O)O. The number of nitrogens with one attached hydrogen (secondary N) is 1. The predicted molar refractivity (Wildman–Crippen MR) is 71.7 cm³/mol. The first kappa shape index (κ1) is 16.9. The van der Waals surface area contributed by atoms with E-state index in [1.165, 1.54) is 0 Å². The summed E-state index contributed by atoms with van der Waals surface area (Å²) in [5, 5.41) is 10.6. The zero-order valence-electron chi connectivity index (χ0n) is 11.6. The monoisotopic (exact) mass is 307 g/mol. The maximum absolute atomic E-state index is 12.0. The van der Waals surface area contributed by atoms with Crippen LogP contribution in [0.4, 0.5) is 0 Å². The topological polar surface area (TPSA) is 121 Å². The molecule has 1 aliphatic carbocycles. The molecule has 0 unspecified atom stereocenters. The number of carboxylic acid groups (broad SMARTS) is 1. The highest BCUT2D eigenvalue weighted by Gasteiger charge is 2.37. The van der Waals surface area contributed by atoms with E-state index in [-0.39, 0.29) is 18.8 Å². The first-order valence-corrected chi connectivity index (χ1v) is 8.11. The number of aliphatic carboxylic acids is 1. The first-order chi connectivity index (χ1) is 9.11. The normalized spacial score (nSPS) is 24.6. The van der Waals surface area contributed by atoms with Crippen molar-refractivity contribution in [3.63, 3.8) is 0 Å². The summed E-state index contributed by atoms with van der Waals surface area (Å²) in [5.41, 5.74) is 0. The summed E-state index contributed by atoms with van der Waals surface area (Å²) in [6, 6.07) is -0.965. The minimum atomic E-state index is -4.13. The number of carbonyl (C=O) groups is 2. The quantitative estimate of drug-likeness (QED) is 0.620. The molecule has 0 spiro atoms. The number of amides is 1. The van der Waals surface area contributed by atoms with E-state index in [2.05, 4.69) is 5.32 Å². The fourth-order valence-corrected chi connectivity index (χ4v) is 3.34. The van der Waals surface area contributed by atoms with Gasteiger partial charge in [-0.25, -0.2) is 4.79 Å². The Morgan fingerprint density at radius 3 is 2.30 bits per heavy atom. The molecule has 116 valence electrons. The Kier molecular flexibility index (Phi) is 5.52. The van der Waals surface area contributed by atoms with E-state index in [1.54, 1.807) is 0 Å². The average Bonchev–Trinajstić information content (AvgIpc) is 2.75. The minimum Gasteiger partial charge on any atom is -0.480 e. The van der Waals surface area contributed by atoms with Gasteiger partial charge in [-0.3, -0.25) is 9.35 Å². The Labute approximate surface area is 118 Å². The Morgan fingerprint density at radius 1 is 1.30 bits per heavy atom. The lowest BCUT2D eigenvalue weighted by molar-refractivity contribution is -0.142. The van der Waals surface area contributed by atoms with Crippen molar-refractivity contribution in [3.8, 4) is 0 Å². The van der Waals surface area contributed by atoms with Crippen molar-refractivity contribution >= 4 is 22.0 Å². The standard InChI is InChI=1S/C12H21NO6S/c1-7(2)5-10(12(15)16)13-11(14)8-3-4-9(6-8)20(17,18)19/h7-10H,3-6H2,1-2H3,(H,13,14)(H,15,16)(H,17,18,19)/t8-,9-,10-/m0/s1. The van der Waals surface area contributed by atoms with Gasteiger partial charge < -0.3 is 10.4 Å². The molecule has 0 bridgehead atoms. The highest BCUT2D eigenvalue weighted by atomic mass is 32.2. The number of hydrogen-bond acceptors (Lipinski definition) is 4. The third-order valence-electron chi connectivity index (χ3n) is 3.50. The molecule has 0 aromatic carbocycles. The number of rotatable bonds is 6. The maximum Gasteiger partial charge on any atom is 0.326 e. The minimum absolute atomic E-state index is 0.0404. The zero-order chi connectivity index (χ0) is 15.5. The van der Waals surface area contributed by atoms with Gasteiger partial charge in [-0.05, 0) is 31.6 Å². The molecule has 20 heavy (non-hydrogen) atoms. The van der Waals surface area contributed by atoms with Crippen LogP contribution in [0.5, 0.6) is 0 Å². The van der Waals surface area contributed by atoms with Gasteiger partial charge in [0.25, 0.3) is 10.1 Å². The molecule has 3 atom stereocenters. The summed E-state index contributed by atoms with van der Waals surface area (Å²) in [6.07, 6.45) is 0.914. The van der Waals surface area contributed by atoms with Crippen LogP contribution >= 0.6 is 0 Å². The second-order valence-electron chi connectivity index (χ2n) is 5.68. The van der Waals surface area contributed by atoms with E-state index in [9.17, 15) is 18.0 Å². The van der Waals surface area contributed by atoms with E-state index in [0.717, 1.165) is 0 Å². The van der Waals surface area contributed by atoms with Crippen molar-refractivity contribution in [3.05, 3.63) is 0 Å². The Bertz CT molecular complexity index is 472. The summed E-state index contributed by atoms with van der Waals surface area (Å²) in [5.74, 6) is -2.00. The number of hydrogen-bond donors (Lipinski definition) is 3. The number of carboxylic acids is 1. The Morgan fingerprint density at radius 2 is 1.90 bits per heavy atom. The van der Waals surface area contributed by atoms with Crippen molar-refractivity contribution in [2.24, 2.45) is 11.8 Å². The highest BCUT2D eigenvalue weighted by molar-refractivity contribution is 7.86. The smallest absolute Gasteiger partial charge is 0.326 e. The van der Waals surface area contributed by atoms with E-state index >= 15 is 0 Å². The van der Waals surface area contributed by atoms with Gasteiger partial charge >= 0.3 is 5.97 Å². The van der Waals surface area contributed by atoms with Crippen LogP contribution in [0.15, 0.2) is 0 Å². The fraction of sp³-hybridized carbons (Fsp3) is 0.833. The lowest BCUT2D eigenvalue weighted by Gasteiger charge is -2.19. The van der Waals surface area contributed by atoms with Gasteiger partial charge in [-0.2, -0.15) is 8.42 Å². The maximum atomic E-state index is 12.0. The molecule has 0 heterocycles. The van der Waals surface area contributed by atoms with Gasteiger partial charge in [-0.15, -0.1) is 0 Å². The van der Waals surface area contributed by atoms with Crippen molar-refractivity contribution < 1.29 is 27.7 Å². The summed E-state index contributed by atoms with van der Waals surface area (Å²) in [7, 11) is -4.13. The molecule has 8 heteroatoms. The largest absolute Gasteiger partial charge is 0.480 e. The van der Waals surface area contributed by atoms with Gasteiger partial charge in [0.1, 0.15) is 6.04 Å². The lowest BCUT2D eigenvalue weighted by atomic mass is 10.0. The molecule has 1 amide bonds.